The smallest absolute Gasteiger partial charge is 0.0719 e. The Hall–Kier alpha value is -0.680. The van der Waals surface area contributed by atoms with Crippen molar-refractivity contribution in [3.63, 3.8) is 0 Å². The third-order valence-corrected chi connectivity index (χ3v) is 5.10. The summed E-state index contributed by atoms with van der Waals surface area (Å²) in [6.45, 7) is 6.62. The van der Waals surface area contributed by atoms with Crippen molar-refractivity contribution in [2.45, 2.75) is 31.6 Å². The molecule has 2 nitrogen and oxygen atoms in total. The number of nitrogen functional groups attached to an aromatic ring is 1. The second-order valence-corrected chi connectivity index (χ2v) is 9.81. The van der Waals surface area contributed by atoms with Crippen molar-refractivity contribution in [1.29, 1.82) is 0 Å². The van der Waals surface area contributed by atoms with Crippen LogP contribution in [0, 0.1) is 0 Å². The first-order valence-corrected chi connectivity index (χ1v) is 9.34. The van der Waals surface area contributed by atoms with Gasteiger partial charge in [0.25, 0.3) is 0 Å². The molecular weight excluding hydrogens is 392 g/mol. The van der Waals surface area contributed by atoms with Crippen LogP contribution < -0.4 is 5.73 Å². The summed E-state index contributed by atoms with van der Waals surface area (Å²) in [6.07, 6.45) is 0. The Bertz CT molecular complexity index is 668. The van der Waals surface area contributed by atoms with Crippen LogP contribution in [0.25, 0.3) is 0 Å². The van der Waals surface area contributed by atoms with Crippen molar-refractivity contribution in [2.75, 3.05) is 12.8 Å². The van der Waals surface area contributed by atoms with Gasteiger partial charge in [0.2, 0.25) is 0 Å². The van der Waals surface area contributed by atoms with E-state index in [1.807, 2.05) is 24.3 Å². The first-order chi connectivity index (χ1) is 10.7. The van der Waals surface area contributed by atoms with Crippen LogP contribution in [0.1, 0.15) is 37.9 Å². The summed E-state index contributed by atoms with van der Waals surface area (Å²) < 4.78 is 3.40. The predicted molar refractivity (Wildman–Crippen MR) is 107 cm³/mol. The van der Waals surface area contributed by atoms with Crippen LogP contribution in [0.3, 0.4) is 0 Å². The van der Waals surface area contributed by atoms with Gasteiger partial charge < -0.3 is 5.73 Å². The Balaban J connectivity index is 2.50. The zero-order valence-corrected chi connectivity index (χ0v) is 17.0. The molecule has 23 heavy (non-hydrogen) atoms. The lowest BCUT2D eigenvalue weighted by atomic mass is 9.97. The standard InChI is InChI=1S/C18H22BrClN2S/c1-18(2,3)23-22(4)17(12-5-8-14(20)9-6-12)15-11-13(19)7-10-16(15)21/h5-11,17H,21H2,1-4H3. The summed E-state index contributed by atoms with van der Waals surface area (Å²) in [5, 5.41) is 0.737. The van der Waals surface area contributed by atoms with E-state index in [0.29, 0.717) is 0 Å². The molecule has 0 aromatic heterocycles. The average molecular weight is 414 g/mol. The first-order valence-electron chi connectivity index (χ1n) is 7.40. The van der Waals surface area contributed by atoms with Gasteiger partial charge in [0, 0.05) is 19.9 Å². The van der Waals surface area contributed by atoms with Crippen molar-refractivity contribution in [1.82, 2.24) is 4.31 Å². The molecule has 0 amide bonds. The zero-order valence-electron chi connectivity index (χ0n) is 13.8. The number of benzene rings is 2. The lowest BCUT2D eigenvalue weighted by Gasteiger charge is -2.33. The van der Waals surface area contributed by atoms with E-state index in [0.717, 1.165) is 20.7 Å². The molecule has 2 aromatic carbocycles. The third kappa shape index (κ3) is 5.15. The minimum atomic E-state index is 0.0500. The molecule has 0 bridgehead atoms. The molecule has 1 atom stereocenters. The Morgan fingerprint density at radius 2 is 1.74 bits per heavy atom. The number of halogens is 2. The maximum absolute atomic E-state index is 6.28. The molecule has 0 saturated carbocycles. The summed E-state index contributed by atoms with van der Waals surface area (Å²) in [5.41, 5.74) is 9.31. The van der Waals surface area contributed by atoms with Gasteiger partial charge in [-0.05, 0) is 69.3 Å². The van der Waals surface area contributed by atoms with E-state index < -0.39 is 0 Å². The molecule has 0 spiro atoms. The number of hydrogen-bond acceptors (Lipinski definition) is 3. The summed E-state index contributed by atoms with van der Waals surface area (Å²) >= 11 is 11.4. The van der Waals surface area contributed by atoms with E-state index in [1.165, 1.54) is 5.56 Å². The van der Waals surface area contributed by atoms with Crippen LogP contribution in [0.4, 0.5) is 5.69 Å². The van der Waals surface area contributed by atoms with Crippen molar-refractivity contribution in [3.8, 4) is 0 Å². The van der Waals surface area contributed by atoms with Gasteiger partial charge in [-0.2, -0.15) is 0 Å². The van der Waals surface area contributed by atoms with Crippen LogP contribution >= 0.6 is 39.5 Å². The fraction of sp³-hybridized carbons (Fsp3) is 0.333. The molecule has 5 heteroatoms. The minimum absolute atomic E-state index is 0.0500. The highest BCUT2D eigenvalue weighted by atomic mass is 79.9. The summed E-state index contributed by atoms with van der Waals surface area (Å²) in [4.78, 5) is 0. The number of nitrogens with zero attached hydrogens (tertiary/aromatic N) is 1. The second-order valence-electron chi connectivity index (χ2n) is 6.48. The maximum atomic E-state index is 6.28. The average Bonchev–Trinajstić information content (AvgIpc) is 2.43. The highest BCUT2D eigenvalue weighted by Gasteiger charge is 2.26. The van der Waals surface area contributed by atoms with Crippen molar-refractivity contribution in [2.24, 2.45) is 0 Å². The van der Waals surface area contributed by atoms with Gasteiger partial charge in [-0.1, -0.05) is 51.6 Å². The van der Waals surface area contributed by atoms with Crippen molar-refractivity contribution in [3.05, 3.63) is 63.1 Å². The molecule has 2 rings (SSSR count). The maximum Gasteiger partial charge on any atom is 0.0719 e. The van der Waals surface area contributed by atoms with E-state index in [9.17, 15) is 0 Å². The summed E-state index contributed by atoms with van der Waals surface area (Å²) in [7, 11) is 2.11. The van der Waals surface area contributed by atoms with Gasteiger partial charge in [0.1, 0.15) is 0 Å². The van der Waals surface area contributed by atoms with Crippen LogP contribution in [-0.2, 0) is 0 Å². The van der Waals surface area contributed by atoms with Crippen molar-refractivity contribution >= 4 is 45.2 Å². The van der Waals surface area contributed by atoms with Gasteiger partial charge in [-0.15, -0.1) is 0 Å². The Morgan fingerprint density at radius 3 is 2.30 bits per heavy atom. The van der Waals surface area contributed by atoms with E-state index in [2.05, 4.69) is 66.3 Å². The monoisotopic (exact) mass is 412 g/mol. The molecule has 0 heterocycles. The molecule has 0 aliphatic heterocycles. The molecule has 2 aromatic rings. The molecule has 124 valence electrons. The lowest BCUT2D eigenvalue weighted by Crippen LogP contribution is -2.25. The predicted octanol–water partition coefficient (Wildman–Crippen LogP) is 6.15. The van der Waals surface area contributed by atoms with Gasteiger partial charge in [-0.3, -0.25) is 0 Å². The van der Waals surface area contributed by atoms with E-state index in [-0.39, 0.29) is 10.8 Å². The summed E-state index contributed by atoms with van der Waals surface area (Å²) in [6, 6.07) is 14.0. The third-order valence-electron chi connectivity index (χ3n) is 3.31. The number of nitrogens with two attached hydrogens (primary N) is 1. The van der Waals surface area contributed by atoms with Crippen LogP contribution in [0.2, 0.25) is 5.02 Å². The lowest BCUT2D eigenvalue weighted by molar-refractivity contribution is 0.473. The van der Waals surface area contributed by atoms with E-state index >= 15 is 0 Å². The number of anilines is 1. The minimum Gasteiger partial charge on any atom is -0.398 e. The van der Waals surface area contributed by atoms with E-state index in [1.54, 1.807) is 11.9 Å². The van der Waals surface area contributed by atoms with Gasteiger partial charge in [-0.25, -0.2) is 4.31 Å². The van der Waals surface area contributed by atoms with Crippen LogP contribution in [0.5, 0.6) is 0 Å². The second kappa shape index (κ2) is 7.47. The number of rotatable bonds is 4. The molecule has 0 aliphatic carbocycles. The normalized spacial score (nSPS) is 13.3. The topological polar surface area (TPSA) is 29.3 Å². The fourth-order valence-electron chi connectivity index (χ4n) is 2.50. The Morgan fingerprint density at radius 1 is 1.13 bits per heavy atom. The molecular formula is C18H22BrClN2S. The van der Waals surface area contributed by atoms with Gasteiger partial charge >= 0.3 is 0 Å². The van der Waals surface area contributed by atoms with E-state index in [4.69, 9.17) is 17.3 Å². The SMILES string of the molecule is CN(SC(C)(C)C)C(c1ccc(Cl)cc1)c1cc(Br)ccc1N. The molecule has 1 unspecified atom stereocenters. The molecule has 0 aliphatic rings. The molecule has 0 saturated heterocycles. The fourth-order valence-corrected chi connectivity index (χ4v) is 4.21. The zero-order chi connectivity index (χ0) is 17.2. The molecule has 2 N–H and O–H groups in total. The largest absolute Gasteiger partial charge is 0.398 e. The Labute approximate surface area is 156 Å². The van der Waals surface area contributed by atoms with Gasteiger partial charge in [0.05, 0.1) is 6.04 Å². The van der Waals surface area contributed by atoms with Gasteiger partial charge in [0.15, 0.2) is 0 Å². The molecule has 0 radical (unpaired) electrons. The first kappa shape index (κ1) is 18.7. The summed E-state index contributed by atoms with van der Waals surface area (Å²) in [5.74, 6) is 0. The van der Waals surface area contributed by atoms with Crippen LogP contribution in [0.15, 0.2) is 46.9 Å². The van der Waals surface area contributed by atoms with Crippen molar-refractivity contribution < 1.29 is 0 Å². The van der Waals surface area contributed by atoms with Crippen LogP contribution in [-0.4, -0.2) is 16.1 Å². The molecule has 0 fully saturated rings. The quantitative estimate of drug-likeness (QED) is 0.481. The highest BCUT2D eigenvalue weighted by Crippen LogP contribution is 2.40. The highest BCUT2D eigenvalue weighted by molar-refractivity contribution is 9.10. The number of hydrogen-bond donors (Lipinski definition) is 1. The Kier molecular flexibility index (Phi) is 6.06.